The van der Waals surface area contributed by atoms with Gasteiger partial charge in [0.15, 0.2) is 0 Å². The fraction of sp³-hybridized carbons (Fsp3) is 0.611. The highest BCUT2D eigenvalue weighted by Crippen LogP contribution is 2.28. The van der Waals surface area contributed by atoms with Gasteiger partial charge in [-0.15, -0.1) is 0 Å². The minimum absolute atomic E-state index is 0.150. The van der Waals surface area contributed by atoms with Gasteiger partial charge in [0.1, 0.15) is 6.10 Å². The zero-order valence-electron chi connectivity index (χ0n) is 13.8. The number of ether oxygens (including phenoxy) is 2. The third kappa shape index (κ3) is 4.82. The van der Waals surface area contributed by atoms with Gasteiger partial charge in [0, 0.05) is 5.92 Å². The molecule has 0 bridgehead atoms. The summed E-state index contributed by atoms with van der Waals surface area (Å²) < 4.78 is 11.5. The van der Waals surface area contributed by atoms with Crippen LogP contribution in [0.5, 0.6) is 0 Å². The van der Waals surface area contributed by atoms with Crippen LogP contribution in [-0.2, 0) is 20.9 Å². The largest absolute Gasteiger partial charge is 0.392 e. The molecule has 0 unspecified atom stereocenters. The highest BCUT2D eigenvalue weighted by Gasteiger charge is 2.37. The van der Waals surface area contributed by atoms with E-state index in [9.17, 15) is 0 Å². The maximum absolute atomic E-state index is 5.74. The second kappa shape index (κ2) is 8.91. The topological polar surface area (TPSA) is 40.0 Å². The second-order valence-corrected chi connectivity index (χ2v) is 5.88. The standard InChI is InChI=1S/C15H19NO3.C3H8/c1-11-14-7-13(18-10-15(14)16-19-11)9-17-8-12-5-3-2-4-6-12;1-3-2/h2-6,11,13-14H,7-10H2,1H3;3H2,1-2H3/t11-,13+,14-;/m0./s1. The average Bonchev–Trinajstić information content (AvgIpc) is 2.90. The Bertz CT molecular complexity index is 461. The Kier molecular flexibility index (Phi) is 6.87. The molecular weight excluding hydrogens is 278 g/mol. The first-order valence-electron chi connectivity index (χ1n) is 8.20. The van der Waals surface area contributed by atoms with Gasteiger partial charge in [-0.3, -0.25) is 0 Å². The second-order valence-electron chi connectivity index (χ2n) is 5.88. The molecule has 0 saturated carbocycles. The lowest BCUT2D eigenvalue weighted by Crippen LogP contribution is -2.38. The predicted molar refractivity (Wildman–Crippen MR) is 87.9 cm³/mol. The molecule has 2 heterocycles. The van der Waals surface area contributed by atoms with Crippen LogP contribution in [0.1, 0.15) is 39.2 Å². The third-order valence-corrected chi connectivity index (χ3v) is 3.73. The van der Waals surface area contributed by atoms with E-state index in [4.69, 9.17) is 14.3 Å². The van der Waals surface area contributed by atoms with E-state index in [-0.39, 0.29) is 12.2 Å². The van der Waals surface area contributed by atoms with Gasteiger partial charge >= 0.3 is 0 Å². The van der Waals surface area contributed by atoms with Crippen LogP contribution < -0.4 is 0 Å². The molecule has 0 amide bonds. The van der Waals surface area contributed by atoms with Crippen molar-refractivity contribution < 1.29 is 14.3 Å². The van der Waals surface area contributed by atoms with Gasteiger partial charge in [0.05, 0.1) is 31.6 Å². The minimum atomic E-state index is 0.150. The summed E-state index contributed by atoms with van der Waals surface area (Å²) in [5, 5.41) is 4.05. The van der Waals surface area contributed by atoms with E-state index >= 15 is 0 Å². The van der Waals surface area contributed by atoms with E-state index in [0.29, 0.717) is 25.7 Å². The van der Waals surface area contributed by atoms with Gasteiger partial charge in [-0.25, -0.2) is 0 Å². The molecule has 1 fully saturated rings. The molecule has 0 spiro atoms. The number of hydrogen-bond acceptors (Lipinski definition) is 4. The Balaban J connectivity index is 0.000000545. The van der Waals surface area contributed by atoms with Crippen LogP contribution in [0.2, 0.25) is 0 Å². The third-order valence-electron chi connectivity index (χ3n) is 3.73. The molecule has 4 nitrogen and oxygen atoms in total. The molecule has 0 aromatic heterocycles. The molecule has 1 aromatic carbocycles. The molecule has 0 N–H and O–H groups in total. The summed E-state index contributed by atoms with van der Waals surface area (Å²) in [4.78, 5) is 5.29. The zero-order valence-corrected chi connectivity index (χ0v) is 13.8. The quantitative estimate of drug-likeness (QED) is 0.849. The molecule has 1 aromatic rings. The Morgan fingerprint density at radius 2 is 1.95 bits per heavy atom. The van der Waals surface area contributed by atoms with Crippen molar-refractivity contribution in [2.24, 2.45) is 11.1 Å². The van der Waals surface area contributed by atoms with Crippen LogP contribution in [0.15, 0.2) is 35.5 Å². The van der Waals surface area contributed by atoms with Gasteiger partial charge in [0.25, 0.3) is 0 Å². The highest BCUT2D eigenvalue weighted by molar-refractivity contribution is 5.89. The average molecular weight is 305 g/mol. The van der Waals surface area contributed by atoms with Crippen molar-refractivity contribution >= 4 is 5.71 Å². The summed E-state index contributed by atoms with van der Waals surface area (Å²) in [7, 11) is 0. The van der Waals surface area contributed by atoms with E-state index in [2.05, 4.69) is 38.1 Å². The summed E-state index contributed by atoms with van der Waals surface area (Å²) in [5.74, 6) is 0.402. The van der Waals surface area contributed by atoms with E-state index in [1.54, 1.807) is 0 Å². The summed E-state index contributed by atoms with van der Waals surface area (Å²) in [6.07, 6.45) is 2.52. The Morgan fingerprint density at radius 3 is 2.68 bits per heavy atom. The molecular formula is C18H27NO3. The van der Waals surface area contributed by atoms with Crippen molar-refractivity contribution in [3.05, 3.63) is 35.9 Å². The van der Waals surface area contributed by atoms with Crippen molar-refractivity contribution in [3.8, 4) is 0 Å². The maximum atomic E-state index is 5.74. The number of nitrogens with zero attached hydrogens (tertiary/aromatic N) is 1. The SMILES string of the molecule is CCC.C[C@@H]1ON=C2CO[C@@H](COCc3ccccc3)C[C@H]21. The molecule has 1 saturated heterocycles. The van der Waals surface area contributed by atoms with Crippen LogP contribution in [-0.4, -0.2) is 31.1 Å². The lowest BCUT2D eigenvalue weighted by atomic mass is 9.90. The summed E-state index contributed by atoms with van der Waals surface area (Å²) in [5.41, 5.74) is 2.24. The number of fused-ring (bicyclic) bond motifs is 1. The molecule has 2 aliphatic heterocycles. The predicted octanol–water partition coefficient (Wildman–Crippen LogP) is 3.80. The lowest BCUT2D eigenvalue weighted by Gasteiger charge is -2.28. The van der Waals surface area contributed by atoms with Gasteiger partial charge < -0.3 is 14.3 Å². The summed E-state index contributed by atoms with van der Waals surface area (Å²) in [6, 6.07) is 10.2. The van der Waals surface area contributed by atoms with E-state index in [0.717, 1.165) is 12.1 Å². The lowest BCUT2D eigenvalue weighted by molar-refractivity contribution is -0.0337. The molecule has 22 heavy (non-hydrogen) atoms. The molecule has 122 valence electrons. The van der Waals surface area contributed by atoms with Crippen molar-refractivity contribution in [2.75, 3.05) is 13.2 Å². The monoisotopic (exact) mass is 305 g/mol. The fourth-order valence-electron chi connectivity index (χ4n) is 2.58. The van der Waals surface area contributed by atoms with Crippen molar-refractivity contribution in [2.45, 2.75) is 52.4 Å². The van der Waals surface area contributed by atoms with E-state index in [1.807, 2.05) is 18.2 Å². The Morgan fingerprint density at radius 1 is 1.23 bits per heavy atom. The van der Waals surface area contributed by atoms with Crippen LogP contribution in [0, 0.1) is 5.92 Å². The van der Waals surface area contributed by atoms with Crippen LogP contribution in [0.25, 0.3) is 0 Å². The molecule has 0 aliphatic carbocycles. The number of oxime groups is 1. The van der Waals surface area contributed by atoms with Gasteiger partial charge in [-0.2, -0.15) is 0 Å². The Hall–Kier alpha value is -1.39. The maximum Gasteiger partial charge on any atom is 0.133 e. The number of benzene rings is 1. The smallest absolute Gasteiger partial charge is 0.133 e. The highest BCUT2D eigenvalue weighted by atomic mass is 16.6. The van der Waals surface area contributed by atoms with Crippen LogP contribution in [0.4, 0.5) is 0 Å². The van der Waals surface area contributed by atoms with Crippen LogP contribution in [0.3, 0.4) is 0 Å². The fourth-order valence-corrected chi connectivity index (χ4v) is 2.58. The molecule has 3 atom stereocenters. The normalized spacial score (nSPS) is 26.3. The summed E-state index contributed by atoms with van der Waals surface area (Å²) in [6.45, 7) is 8.16. The zero-order chi connectivity index (χ0) is 15.8. The first-order chi connectivity index (χ1) is 10.7. The first kappa shape index (κ1) is 17.0. The van der Waals surface area contributed by atoms with Gasteiger partial charge in [-0.1, -0.05) is 55.8 Å². The Labute approximate surface area is 133 Å². The minimum Gasteiger partial charge on any atom is -0.392 e. The molecule has 4 heteroatoms. The van der Waals surface area contributed by atoms with Crippen molar-refractivity contribution in [3.63, 3.8) is 0 Å². The number of rotatable bonds is 4. The van der Waals surface area contributed by atoms with Gasteiger partial charge in [-0.05, 0) is 18.9 Å². The van der Waals surface area contributed by atoms with E-state index < -0.39 is 0 Å². The molecule has 3 rings (SSSR count). The first-order valence-corrected chi connectivity index (χ1v) is 8.20. The summed E-state index contributed by atoms with van der Waals surface area (Å²) >= 11 is 0. The van der Waals surface area contributed by atoms with Crippen LogP contribution >= 0.6 is 0 Å². The van der Waals surface area contributed by atoms with Crippen molar-refractivity contribution in [1.82, 2.24) is 0 Å². The van der Waals surface area contributed by atoms with Crippen molar-refractivity contribution in [1.29, 1.82) is 0 Å². The molecule has 0 radical (unpaired) electrons. The van der Waals surface area contributed by atoms with Gasteiger partial charge in [0.2, 0.25) is 0 Å². The number of hydrogen-bond donors (Lipinski definition) is 0. The van der Waals surface area contributed by atoms with E-state index in [1.165, 1.54) is 12.0 Å². The molecule has 2 aliphatic rings.